The normalized spacial score (nSPS) is 23.3. The van der Waals surface area contributed by atoms with Gasteiger partial charge in [0.15, 0.2) is 0 Å². The van der Waals surface area contributed by atoms with Crippen LogP contribution in [-0.4, -0.2) is 102 Å². The highest BCUT2D eigenvalue weighted by atomic mass is 19.1. The zero-order chi connectivity index (χ0) is 32.9. The zero-order valence-corrected chi connectivity index (χ0v) is 27.0. The number of rotatable bonds is 6. The summed E-state index contributed by atoms with van der Waals surface area (Å²) in [7, 11) is 0. The number of amides is 3. The maximum atomic E-state index is 15.7. The van der Waals surface area contributed by atoms with Crippen LogP contribution in [-0.2, 0) is 9.47 Å². The van der Waals surface area contributed by atoms with E-state index in [1.165, 1.54) is 12.1 Å². The fourth-order valence-corrected chi connectivity index (χ4v) is 6.65. The van der Waals surface area contributed by atoms with Crippen LogP contribution >= 0.6 is 0 Å². The van der Waals surface area contributed by atoms with Gasteiger partial charge in [0.2, 0.25) is 11.8 Å². The van der Waals surface area contributed by atoms with E-state index >= 15 is 4.39 Å². The van der Waals surface area contributed by atoms with E-state index in [2.05, 4.69) is 20.5 Å². The number of ether oxygens (including phenoxy) is 3. The van der Waals surface area contributed by atoms with Gasteiger partial charge in [-0.3, -0.25) is 4.79 Å². The highest BCUT2D eigenvalue weighted by molar-refractivity contribution is 6.03. The van der Waals surface area contributed by atoms with Gasteiger partial charge in [-0.2, -0.15) is 4.98 Å². The summed E-state index contributed by atoms with van der Waals surface area (Å²) in [5.74, 6) is 0.367. The minimum Gasteiger partial charge on any atom is -0.469 e. The lowest BCUT2D eigenvalue weighted by atomic mass is 10.0. The average molecular weight is 647 g/mol. The highest BCUT2D eigenvalue weighted by Crippen LogP contribution is 2.37. The van der Waals surface area contributed by atoms with E-state index in [0.29, 0.717) is 62.7 Å². The molecule has 0 spiro atoms. The molecule has 248 valence electrons. The second kappa shape index (κ2) is 12.2. The van der Waals surface area contributed by atoms with Crippen molar-refractivity contribution in [3.63, 3.8) is 0 Å². The molecule has 2 aromatic heterocycles. The van der Waals surface area contributed by atoms with Crippen LogP contribution in [0.5, 0.6) is 5.88 Å². The number of morpholine rings is 2. The summed E-state index contributed by atoms with van der Waals surface area (Å²) < 4.78 is 33.3. The number of nitrogens with zero attached hydrogens (tertiary/aromatic N) is 6. The van der Waals surface area contributed by atoms with Gasteiger partial charge in [-0.1, -0.05) is 6.07 Å². The first-order valence-electron chi connectivity index (χ1n) is 16.1. The SMILES string of the molecule is CCN1CC(C)(C)Oc2nc(N3CCOC[C@@H]3C)nc(-c3ccc(NC(=O)Nc4ccc(N5C[C@@H]6C[C@H]5CO6)nc4)c(F)c3)c2C1=O. The largest absolute Gasteiger partial charge is 0.469 e. The standard InChI is InChI=1S/C33H39FN8O5/c1-5-40-18-33(3,4)47-29-27(30(40)43)28(38-31(39-29)41-10-11-45-16-19(41)2)20-6-8-25(24(34)12-20)37-32(44)36-21-7-9-26(35-14-21)42-15-23-13-22(42)17-46-23/h6-9,12,14,19,22-23H,5,10-11,13,15-18H2,1-4H3,(H2,36,37,44)/t19-,22-,23-/m0/s1. The van der Waals surface area contributed by atoms with Crippen molar-refractivity contribution in [3.05, 3.63) is 47.9 Å². The van der Waals surface area contributed by atoms with Gasteiger partial charge in [0.1, 0.15) is 22.8 Å². The Morgan fingerprint density at radius 1 is 1.13 bits per heavy atom. The summed E-state index contributed by atoms with van der Waals surface area (Å²) >= 11 is 0. The molecule has 47 heavy (non-hydrogen) atoms. The van der Waals surface area contributed by atoms with Gasteiger partial charge in [-0.25, -0.2) is 19.2 Å². The summed E-state index contributed by atoms with van der Waals surface area (Å²) in [6.07, 6.45) is 2.83. The molecule has 0 aliphatic carbocycles. The number of pyridine rings is 1. The second-order valence-electron chi connectivity index (χ2n) is 13.0. The third-order valence-electron chi connectivity index (χ3n) is 9.01. The molecule has 3 saturated heterocycles. The summed E-state index contributed by atoms with van der Waals surface area (Å²) in [5, 5.41) is 5.28. The summed E-state index contributed by atoms with van der Waals surface area (Å²) in [6, 6.07) is 7.64. The summed E-state index contributed by atoms with van der Waals surface area (Å²) in [6.45, 7) is 11.6. The first-order valence-corrected chi connectivity index (χ1v) is 16.1. The van der Waals surface area contributed by atoms with Crippen molar-refractivity contribution < 1.29 is 28.2 Å². The van der Waals surface area contributed by atoms with Crippen molar-refractivity contribution in [1.82, 2.24) is 19.9 Å². The maximum absolute atomic E-state index is 15.7. The molecule has 4 aliphatic heterocycles. The number of hydrogen-bond acceptors (Lipinski definition) is 10. The number of carbonyl (C=O) groups is 2. The highest BCUT2D eigenvalue weighted by Gasteiger charge is 2.40. The quantitative estimate of drug-likeness (QED) is 0.402. The Hall–Kier alpha value is -4.56. The van der Waals surface area contributed by atoms with Gasteiger partial charge in [-0.15, -0.1) is 0 Å². The second-order valence-corrected chi connectivity index (χ2v) is 13.0. The van der Waals surface area contributed by atoms with Gasteiger partial charge in [0, 0.05) is 25.2 Å². The number of urea groups is 1. The molecule has 0 unspecified atom stereocenters. The van der Waals surface area contributed by atoms with Crippen molar-refractivity contribution in [2.45, 2.75) is 57.9 Å². The molecule has 2 N–H and O–H groups in total. The Bertz CT molecular complexity index is 1690. The van der Waals surface area contributed by atoms with E-state index in [1.54, 1.807) is 23.2 Å². The van der Waals surface area contributed by atoms with Crippen molar-refractivity contribution in [2.24, 2.45) is 0 Å². The van der Waals surface area contributed by atoms with Crippen molar-refractivity contribution >= 4 is 35.1 Å². The number of halogens is 1. The van der Waals surface area contributed by atoms with Crippen LogP contribution in [0.3, 0.4) is 0 Å². The van der Waals surface area contributed by atoms with Crippen LogP contribution < -0.4 is 25.2 Å². The number of fused-ring (bicyclic) bond motifs is 3. The fraction of sp³-hybridized carbons (Fsp3) is 0.485. The Morgan fingerprint density at radius 2 is 1.98 bits per heavy atom. The van der Waals surface area contributed by atoms with Gasteiger partial charge in [0.05, 0.1) is 67.8 Å². The van der Waals surface area contributed by atoms with E-state index < -0.39 is 17.4 Å². The molecule has 6 heterocycles. The minimum absolute atomic E-state index is 0.0190. The van der Waals surface area contributed by atoms with E-state index in [1.807, 2.05) is 38.7 Å². The summed E-state index contributed by atoms with van der Waals surface area (Å²) in [4.78, 5) is 46.6. The lowest BCUT2D eigenvalue weighted by Gasteiger charge is -2.34. The predicted octanol–water partition coefficient (Wildman–Crippen LogP) is 4.16. The van der Waals surface area contributed by atoms with Gasteiger partial charge < -0.3 is 39.5 Å². The molecule has 3 amide bonds. The van der Waals surface area contributed by atoms with Gasteiger partial charge in [-0.05, 0) is 58.4 Å². The van der Waals surface area contributed by atoms with Crippen molar-refractivity contribution in [2.75, 3.05) is 66.4 Å². The number of hydrogen-bond donors (Lipinski definition) is 2. The number of carbonyl (C=O) groups excluding carboxylic acids is 2. The minimum atomic E-state index is -0.721. The molecule has 14 heteroatoms. The number of nitrogens with one attached hydrogen (secondary N) is 2. The Balaban J connectivity index is 1.14. The van der Waals surface area contributed by atoms with Gasteiger partial charge >= 0.3 is 6.03 Å². The van der Waals surface area contributed by atoms with Crippen LogP contribution in [0.4, 0.5) is 32.3 Å². The summed E-state index contributed by atoms with van der Waals surface area (Å²) in [5.41, 5.74) is 0.488. The van der Waals surface area contributed by atoms with Crippen LogP contribution in [0.2, 0.25) is 0 Å². The lowest BCUT2D eigenvalue weighted by molar-refractivity contribution is 0.0541. The van der Waals surface area contributed by atoms with Crippen LogP contribution in [0.25, 0.3) is 11.3 Å². The van der Waals surface area contributed by atoms with Gasteiger partial charge in [0.25, 0.3) is 5.91 Å². The van der Waals surface area contributed by atoms with E-state index in [4.69, 9.17) is 24.2 Å². The molecular weight excluding hydrogens is 607 g/mol. The molecule has 4 aliphatic rings. The van der Waals surface area contributed by atoms with Crippen LogP contribution in [0.15, 0.2) is 36.5 Å². The molecule has 3 atom stereocenters. The Labute approximate surface area is 272 Å². The van der Waals surface area contributed by atoms with E-state index in [-0.39, 0.29) is 40.9 Å². The third-order valence-corrected chi connectivity index (χ3v) is 9.01. The first kappa shape index (κ1) is 31.1. The molecule has 0 radical (unpaired) electrons. The molecule has 7 rings (SSSR count). The van der Waals surface area contributed by atoms with Crippen LogP contribution in [0, 0.1) is 5.82 Å². The number of anilines is 4. The monoisotopic (exact) mass is 646 g/mol. The zero-order valence-electron chi connectivity index (χ0n) is 27.0. The Morgan fingerprint density at radius 3 is 2.66 bits per heavy atom. The molecular formula is C33H39FN8O5. The molecule has 3 fully saturated rings. The fourth-order valence-electron chi connectivity index (χ4n) is 6.65. The number of benzene rings is 1. The molecule has 0 saturated carbocycles. The van der Waals surface area contributed by atoms with E-state index in [0.717, 1.165) is 18.8 Å². The lowest BCUT2D eigenvalue weighted by Crippen LogP contribution is -2.44. The molecule has 3 aromatic rings. The Kier molecular flexibility index (Phi) is 8.08. The number of aromatic nitrogens is 3. The maximum Gasteiger partial charge on any atom is 0.323 e. The third kappa shape index (κ3) is 6.14. The molecule has 2 bridgehead atoms. The van der Waals surface area contributed by atoms with Crippen LogP contribution in [0.1, 0.15) is 44.5 Å². The van der Waals surface area contributed by atoms with E-state index in [9.17, 15) is 9.59 Å². The average Bonchev–Trinajstić information content (AvgIpc) is 3.66. The smallest absolute Gasteiger partial charge is 0.323 e. The topological polar surface area (TPSA) is 134 Å². The number of likely N-dealkylation sites (N-methyl/N-ethyl adjacent to an activating group) is 1. The van der Waals surface area contributed by atoms with Crippen molar-refractivity contribution in [3.8, 4) is 17.1 Å². The molecule has 1 aromatic carbocycles. The predicted molar refractivity (Wildman–Crippen MR) is 174 cm³/mol. The van der Waals surface area contributed by atoms with Crippen molar-refractivity contribution in [1.29, 1.82) is 0 Å². The first-order chi connectivity index (χ1) is 22.6. The molecule has 13 nitrogen and oxygen atoms in total.